The minimum atomic E-state index is -3.83. The van der Waals surface area contributed by atoms with Gasteiger partial charge >= 0.3 is 0 Å². The van der Waals surface area contributed by atoms with Gasteiger partial charge in [-0.05, 0) is 37.1 Å². The van der Waals surface area contributed by atoms with E-state index in [4.69, 9.17) is 9.15 Å². The predicted octanol–water partition coefficient (Wildman–Crippen LogP) is 0.882. The van der Waals surface area contributed by atoms with Gasteiger partial charge in [0.25, 0.3) is 0 Å². The molecule has 1 aromatic heterocycles. The van der Waals surface area contributed by atoms with E-state index in [9.17, 15) is 18.0 Å². The number of carbonyl (C=O) groups excluding carboxylic acids is 2. The van der Waals surface area contributed by atoms with E-state index >= 15 is 0 Å². The molecule has 1 aromatic carbocycles. The Morgan fingerprint density at radius 3 is 2.60 bits per heavy atom. The van der Waals surface area contributed by atoms with Crippen LogP contribution < -0.4 is 10.0 Å². The summed E-state index contributed by atoms with van der Waals surface area (Å²) >= 11 is 0. The van der Waals surface area contributed by atoms with Crippen molar-refractivity contribution in [1.29, 1.82) is 0 Å². The Bertz CT molecular complexity index is 925. The Morgan fingerprint density at radius 2 is 1.93 bits per heavy atom. The number of hydrogen-bond donors (Lipinski definition) is 2. The number of furan rings is 1. The third-order valence-corrected chi connectivity index (χ3v) is 6.06. The fourth-order valence-electron chi connectivity index (χ4n) is 3.07. The number of ether oxygens (including phenoxy) is 1. The number of sulfonamides is 1. The monoisotopic (exact) mass is 435 g/mol. The quantitative estimate of drug-likeness (QED) is 0.572. The predicted molar refractivity (Wildman–Crippen MR) is 108 cm³/mol. The van der Waals surface area contributed by atoms with Gasteiger partial charge in [-0.2, -0.15) is 0 Å². The fraction of sp³-hybridized carbons (Fsp3) is 0.400. The van der Waals surface area contributed by atoms with Crippen molar-refractivity contribution >= 4 is 21.8 Å². The van der Waals surface area contributed by atoms with Crippen LogP contribution in [0.15, 0.2) is 58.0 Å². The highest BCUT2D eigenvalue weighted by atomic mass is 32.2. The topological polar surface area (TPSA) is 118 Å². The van der Waals surface area contributed by atoms with Gasteiger partial charge in [0.2, 0.25) is 21.8 Å². The summed E-state index contributed by atoms with van der Waals surface area (Å²) in [5.74, 6) is -0.280. The molecule has 0 bridgehead atoms. The van der Waals surface area contributed by atoms with Gasteiger partial charge in [0.1, 0.15) is 5.76 Å². The first-order chi connectivity index (χ1) is 14.4. The van der Waals surface area contributed by atoms with Crippen LogP contribution >= 0.6 is 0 Å². The Balaban J connectivity index is 1.58. The molecule has 2 amide bonds. The highest BCUT2D eigenvalue weighted by Gasteiger charge is 2.25. The van der Waals surface area contributed by atoms with Gasteiger partial charge in [0, 0.05) is 13.2 Å². The van der Waals surface area contributed by atoms with Crippen LogP contribution in [-0.4, -0.2) is 57.5 Å². The molecule has 30 heavy (non-hydrogen) atoms. The number of benzene rings is 1. The van der Waals surface area contributed by atoms with Crippen LogP contribution in [0.2, 0.25) is 0 Å². The zero-order chi connectivity index (χ0) is 21.4. The summed E-state index contributed by atoms with van der Waals surface area (Å²) in [6, 6.07) is 11.2. The number of nitrogens with zero attached hydrogens (tertiary/aromatic N) is 1. The summed E-state index contributed by atoms with van der Waals surface area (Å²) in [6.07, 6.45) is 3.01. The van der Waals surface area contributed by atoms with Crippen molar-refractivity contribution in [1.82, 2.24) is 14.9 Å². The molecule has 0 spiro atoms. The van der Waals surface area contributed by atoms with Crippen LogP contribution in [-0.2, 0) is 30.9 Å². The lowest BCUT2D eigenvalue weighted by molar-refractivity contribution is -0.136. The second-order valence-electron chi connectivity index (χ2n) is 6.90. The molecular formula is C20H25N3O6S. The molecule has 1 saturated heterocycles. The van der Waals surface area contributed by atoms with Crippen molar-refractivity contribution in [3.63, 3.8) is 0 Å². The van der Waals surface area contributed by atoms with Crippen molar-refractivity contribution in [2.45, 2.75) is 30.4 Å². The maximum atomic E-state index is 12.7. The van der Waals surface area contributed by atoms with Crippen LogP contribution in [0.3, 0.4) is 0 Å². The molecule has 162 valence electrons. The smallest absolute Gasteiger partial charge is 0.241 e. The van der Waals surface area contributed by atoms with Crippen LogP contribution in [0.5, 0.6) is 0 Å². The average Bonchev–Trinajstić information content (AvgIpc) is 3.45. The fourth-order valence-corrected chi connectivity index (χ4v) is 4.06. The van der Waals surface area contributed by atoms with E-state index in [2.05, 4.69) is 10.0 Å². The van der Waals surface area contributed by atoms with Gasteiger partial charge in [-0.25, -0.2) is 13.1 Å². The molecule has 2 heterocycles. The number of amides is 2. The third-order valence-electron chi connectivity index (χ3n) is 4.64. The molecular weight excluding hydrogens is 410 g/mol. The van der Waals surface area contributed by atoms with Crippen molar-refractivity contribution in [3.8, 4) is 0 Å². The zero-order valence-electron chi connectivity index (χ0n) is 16.5. The third kappa shape index (κ3) is 6.41. The lowest BCUT2D eigenvalue weighted by Gasteiger charge is -2.25. The maximum absolute atomic E-state index is 12.7. The highest BCUT2D eigenvalue weighted by molar-refractivity contribution is 7.89. The largest absolute Gasteiger partial charge is 0.467 e. The molecule has 0 aliphatic carbocycles. The van der Waals surface area contributed by atoms with Crippen molar-refractivity contribution in [2.24, 2.45) is 0 Å². The van der Waals surface area contributed by atoms with Gasteiger partial charge in [-0.3, -0.25) is 9.59 Å². The molecule has 2 aromatic rings. The van der Waals surface area contributed by atoms with Crippen LogP contribution in [0, 0.1) is 0 Å². The Labute approximate surface area is 175 Å². The molecule has 3 rings (SSSR count). The Morgan fingerprint density at radius 1 is 1.13 bits per heavy atom. The van der Waals surface area contributed by atoms with Gasteiger partial charge < -0.3 is 19.4 Å². The standard InChI is InChI=1S/C20H25N3O6S/c24-19(21-12-16-6-4-10-28-16)15-23(14-17-7-5-11-29-17)20(25)13-22-30(26,27)18-8-2-1-3-9-18/h1-4,6,8-10,17,22H,5,7,11-15H2,(H,21,24)/t17-/m1/s1. The molecule has 1 aliphatic rings. The molecule has 1 fully saturated rings. The summed E-state index contributed by atoms with van der Waals surface area (Å²) in [4.78, 5) is 26.4. The van der Waals surface area contributed by atoms with E-state index in [0.717, 1.165) is 12.8 Å². The number of nitrogens with one attached hydrogen (secondary N) is 2. The van der Waals surface area contributed by atoms with E-state index in [1.165, 1.54) is 23.3 Å². The molecule has 10 heteroatoms. The van der Waals surface area contributed by atoms with Crippen LogP contribution in [0.25, 0.3) is 0 Å². The summed E-state index contributed by atoms with van der Waals surface area (Å²) in [7, 11) is -3.83. The van der Waals surface area contributed by atoms with Crippen LogP contribution in [0.1, 0.15) is 18.6 Å². The van der Waals surface area contributed by atoms with E-state index in [0.29, 0.717) is 12.4 Å². The van der Waals surface area contributed by atoms with E-state index in [1.54, 1.807) is 30.3 Å². The van der Waals surface area contributed by atoms with Crippen molar-refractivity contribution in [2.75, 3.05) is 26.2 Å². The number of hydrogen-bond acceptors (Lipinski definition) is 6. The molecule has 0 radical (unpaired) electrons. The maximum Gasteiger partial charge on any atom is 0.241 e. The Kier molecular flexibility index (Phi) is 7.61. The molecule has 9 nitrogen and oxygen atoms in total. The lowest BCUT2D eigenvalue weighted by atomic mass is 10.2. The second-order valence-corrected chi connectivity index (χ2v) is 8.67. The molecule has 0 saturated carbocycles. The Hall–Kier alpha value is -2.69. The minimum Gasteiger partial charge on any atom is -0.467 e. The first-order valence-corrected chi connectivity index (χ1v) is 11.2. The number of carbonyl (C=O) groups is 2. The summed E-state index contributed by atoms with van der Waals surface area (Å²) in [6.45, 7) is 0.383. The lowest BCUT2D eigenvalue weighted by Crippen LogP contribution is -2.47. The first-order valence-electron chi connectivity index (χ1n) is 9.67. The first kappa shape index (κ1) is 22.0. The van der Waals surface area contributed by atoms with Gasteiger partial charge in [0.15, 0.2) is 0 Å². The molecule has 1 aliphatic heterocycles. The second kappa shape index (κ2) is 10.4. The van der Waals surface area contributed by atoms with Crippen molar-refractivity contribution in [3.05, 3.63) is 54.5 Å². The number of rotatable bonds is 10. The average molecular weight is 436 g/mol. The van der Waals surface area contributed by atoms with Gasteiger partial charge in [-0.1, -0.05) is 18.2 Å². The van der Waals surface area contributed by atoms with Gasteiger partial charge in [-0.15, -0.1) is 0 Å². The van der Waals surface area contributed by atoms with Gasteiger partial charge in [0.05, 0.1) is 36.9 Å². The summed E-state index contributed by atoms with van der Waals surface area (Å²) in [5.41, 5.74) is 0. The molecule has 1 atom stereocenters. The van der Waals surface area contributed by atoms with E-state index < -0.39 is 22.5 Å². The van der Waals surface area contributed by atoms with Crippen molar-refractivity contribution < 1.29 is 27.2 Å². The highest BCUT2D eigenvalue weighted by Crippen LogP contribution is 2.14. The molecule has 2 N–H and O–H groups in total. The van der Waals surface area contributed by atoms with Crippen LogP contribution in [0.4, 0.5) is 0 Å². The summed E-state index contributed by atoms with van der Waals surface area (Å²) in [5, 5.41) is 2.69. The van der Waals surface area contributed by atoms with E-state index in [1.807, 2.05) is 0 Å². The molecule has 0 unspecified atom stereocenters. The summed E-state index contributed by atoms with van der Waals surface area (Å²) < 4.78 is 37.8. The SMILES string of the molecule is O=C(CN(C[C@H]1CCCO1)C(=O)CNS(=O)(=O)c1ccccc1)NCc1ccco1. The zero-order valence-corrected chi connectivity index (χ0v) is 17.3. The van der Waals surface area contributed by atoms with E-state index in [-0.39, 0.29) is 36.5 Å². The normalized spacial score (nSPS) is 16.3. The minimum absolute atomic E-state index is 0.0691.